The molecule has 0 fully saturated rings. The Hall–Kier alpha value is -1.35. The van der Waals surface area contributed by atoms with Crippen molar-refractivity contribution < 1.29 is 9.90 Å². The van der Waals surface area contributed by atoms with E-state index in [2.05, 4.69) is 37.4 Å². The molecule has 0 aliphatic heterocycles. The Bertz CT molecular complexity index is 401. The molecule has 2 N–H and O–H groups in total. The Morgan fingerprint density at radius 2 is 2.06 bits per heavy atom. The van der Waals surface area contributed by atoms with Crippen molar-refractivity contribution in [1.82, 2.24) is 5.32 Å². The molecule has 0 aromatic heterocycles. The lowest BCUT2D eigenvalue weighted by molar-refractivity contribution is -0.139. The van der Waals surface area contributed by atoms with Crippen LogP contribution in [-0.4, -0.2) is 17.1 Å². The quantitative estimate of drug-likeness (QED) is 0.825. The summed E-state index contributed by atoms with van der Waals surface area (Å²) < 4.78 is 0. The first-order chi connectivity index (χ1) is 7.95. The van der Waals surface area contributed by atoms with Gasteiger partial charge in [0.25, 0.3) is 0 Å². The van der Waals surface area contributed by atoms with Gasteiger partial charge >= 0.3 is 5.97 Å². The van der Waals surface area contributed by atoms with Crippen LogP contribution >= 0.6 is 0 Å². The van der Waals surface area contributed by atoms with Crippen molar-refractivity contribution in [3.05, 3.63) is 34.9 Å². The molecule has 3 heteroatoms. The normalized spacial score (nSPS) is 14.4. The average Bonchev–Trinajstić information content (AvgIpc) is 2.24. The van der Waals surface area contributed by atoms with E-state index >= 15 is 0 Å². The van der Waals surface area contributed by atoms with Gasteiger partial charge in [-0.1, -0.05) is 30.7 Å². The number of nitrogens with one attached hydrogen (secondary N) is 1. The van der Waals surface area contributed by atoms with Crippen LogP contribution in [0.25, 0.3) is 0 Å². The zero-order chi connectivity index (χ0) is 13.0. The standard InChI is InChI=1S/C14H21NO2/c1-5-13(14(16)17)15-11(4)12-7-6-9(2)8-10(12)3/h6-8,11,13,15H,5H2,1-4H3,(H,16,17). The SMILES string of the molecule is CCC(NC(C)c1ccc(C)cc1C)C(=O)O. The second-order valence-electron chi connectivity index (χ2n) is 4.55. The van der Waals surface area contributed by atoms with E-state index < -0.39 is 12.0 Å². The molecule has 0 aliphatic carbocycles. The summed E-state index contributed by atoms with van der Waals surface area (Å²) in [7, 11) is 0. The van der Waals surface area contributed by atoms with Crippen molar-refractivity contribution in [2.24, 2.45) is 0 Å². The van der Waals surface area contributed by atoms with E-state index in [1.54, 1.807) is 0 Å². The fourth-order valence-electron chi connectivity index (χ4n) is 2.07. The number of hydrogen-bond acceptors (Lipinski definition) is 2. The van der Waals surface area contributed by atoms with Crippen LogP contribution in [0.2, 0.25) is 0 Å². The lowest BCUT2D eigenvalue weighted by Gasteiger charge is -2.21. The highest BCUT2D eigenvalue weighted by molar-refractivity contribution is 5.73. The van der Waals surface area contributed by atoms with Crippen LogP contribution in [0, 0.1) is 13.8 Å². The molecule has 0 saturated heterocycles. The van der Waals surface area contributed by atoms with Gasteiger partial charge in [-0.2, -0.15) is 0 Å². The third-order valence-electron chi connectivity index (χ3n) is 3.05. The van der Waals surface area contributed by atoms with E-state index in [1.165, 1.54) is 11.1 Å². The minimum absolute atomic E-state index is 0.0525. The lowest BCUT2D eigenvalue weighted by Crippen LogP contribution is -2.37. The van der Waals surface area contributed by atoms with Gasteiger partial charge in [-0.05, 0) is 38.3 Å². The lowest BCUT2D eigenvalue weighted by atomic mass is 9.99. The number of carboxylic acids is 1. The molecule has 0 amide bonds. The minimum atomic E-state index is -0.788. The van der Waals surface area contributed by atoms with Crippen molar-refractivity contribution in [1.29, 1.82) is 0 Å². The first kappa shape index (κ1) is 13.7. The molecule has 0 saturated carbocycles. The maximum Gasteiger partial charge on any atom is 0.320 e. The predicted octanol–water partition coefficient (Wildman–Crippen LogP) is 2.82. The van der Waals surface area contributed by atoms with E-state index in [4.69, 9.17) is 5.11 Å². The molecule has 0 aliphatic rings. The van der Waals surface area contributed by atoms with Gasteiger partial charge in [0.2, 0.25) is 0 Å². The summed E-state index contributed by atoms with van der Waals surface area (Å²) in [5.74, 6) is -0.788. The monoisotopic (exact) mass is 235 g/mol. The molecule has 2 atom stereocenters. The number of aryl methyl sites for hydroxylation is 2. The van der Waals surface area contributed by atoms with Crippen LogP contribution in [0.5, 0.6) is 0 Å². The van der Waals surface area contributed by atoms with E-state index in [0.29, 0.717) is 6.42 Å². The second kappa shape index (κ2) is 5.82. The maximum atomic E-state index is 11.0. The second-order valence-corrected chi connectivity index (χ2v) is 4.55. The van der Waals surface area contributed by atoms with Gasteiger partial charge in [-0.15, -0.1) is 0 Å². The highest BCUT2D eigenvalue weighted by Gasteiger charge is 2.18. The number of rotatable bonds is 5. The largest absolute Gasteiger partial charge is 0.480 e. The predicted molar refractivity (Wildman–Crippen MR) is 69.2 cm³/mol. The van der Waals surface area contributed by atoms with Crippen molar-refractivity contribution in [2.45, 2.75) is 46.2 Å². The van der Waals surface area contributed by atoms with Crippen LogP contribution in [0.15, 0.2) is 18.2 Å². The van der Waals surface area contributed by atoms with Crippen LogP contribution in [0.4, 0.5) is 0 Å². The molecule has 1 aromatic rings. The fourth-order valence-corrected chi connectivity index (χ4v) is 2.07. The van der Waals surface area contributed by atoms with Crippen molar-refractivity contribution in [3.8, 4) is 0 Å². The highest BCUT2D eigenvalue weighted by atomic mass is 16.4. The van der Waals surface area contributed by atoms with E-state index in [9.17, 15) is 4.79 Å². The molecular weight excluding hydrogens is 214 g/mol. The summed E-state index contributed by atoms with van der Waals surface area (Å²) in [4.78, 5) is 11.0. The Morgan fingerprint density at radius 1 is 1.41 bits per heavy atom. The number of carboxylic acid groups (broad SMARTS) is 1. The number of aliphatic carboxylic acids is 1. The van der Waals surface area contributed by atoms with Gasteiger partial charge in [-0.3, -0.25) is 10.1 Å². The number of hydrogen-bond donors (Lipinski definition) is 2. The molecule has 3 nitrogen and oxygen atoms in total. The van der Waals surface area contributed by atoms with E-state index in [-0.39, 0.29) is 6.04 Å². The van der Waals surface area contributed by atoms with Crippen LogP contribution < -0.4 is 5.32 Å². The summed E-state index contributed by atoms with van der Waals surface area (Å²) >= 11 is 0. The maximum absolute atomic E-state index is 11.0. The average molecular weight is 235 g/mol. The molecule has 2 unspecified atom stereocenters. The topological polar surface area (TPSA) is 49.3 Å². The summed E-state index contributed by atoms with van der Waals surface area (Å²) in [6.07, 6.45) is 0.588. The summed E-state index contributed by atoms with van der Waals surface area (Å²) in [5, 5.41) is 12.2. The molecule has 1 aromatic carbocycles. The van der Waals surface area contributed by atoms with Crippen LogP contribution in [0.3, 0.4) is 0 Å². The summed E-state index contributed by atoms with van der Waals surface area (Å²) in [6, 6.07) is 5.82. The third-order valence-corrected chi connectivity index (χ3v) is 3.05. The molecular formula is C14H21NO2. The van der Waals surface area contributed by atoms with Crippen LogP contribution in [-0.2, 0) is 4.79 Å². The smallest absolute Gasteiger partial charge is 0.320 e. The van der Waals surface area contributed by atoms with Crippen molar-refractivity contribution in [3.63, 3.8) is 0 Å². The first-order valence-corrected chi connectivity index (χ1v) is 6.01. The molecule has 17 heavy (non-hydrogen) atoms. The Labute approximate surface area is 103 Å². The minimum Gasteiger partial charge on any atom is -0.480 e. The first-order valence-electron chi connectivity index (χ1n) is 6.01. The Morgan fingerprint density at radius 3 is 2.53 bits per heavy atom. The molecule has 1 rings (SSSR count). The van der Waals surface area contributed by atoms with Gasteiger partial charge in [0.1, 0.15) is 6.04 Å². The number of carbonyl (C=O) groups is 1. The Kier molecular flexibility index (Phi) is 4.70. The van der Waals surface area contributed by atoms with Gasteiger partial charge in [0, 0.05) is 6.04 Å². The van der Waals surface area contributed by atoms with Gasteiger partial charge < -0.3 is 5.11 Å². The summed E-state index contributed by atoms with van der Waals surface area (Å²) in [5.41, 5.74) is 3.59. The van der Waals surface area contributed by atoms with E-state index in [1.807, 2.05) is 13.8 Å². The molecule has 0 spiro atoms. The third kappa shape index (κ3) is 3.56. The molecule has 0 heterocycles. The van der Waals surface area contributed by atoms with Crippen molar-refractivity contribution >= 4 is 5.97 Å². The number of benzene rings is 1. The molecule has 0 radical (unpaired) electrons. The molecule has 94 valence electrons. The molecule has 0 bridgehead atoms. The summed E-state index contributed by atoms with van der Waals surface area (Å²) in [6.45, 7) is 7.99. The van der Waals surface area contributed by atoms with Crippen molar-refractivity contribution in [2.75, 3.05) is 0 Å². The zero-order valence-electron chi connectivity index (χ0n) is 10.9. The van der Waals surface area contributed by atoms with E-state index in [0.717, 1.165) is 5.56 Å². The van der Waals surface area contributed by atoms with Gasteiger partial charge in [0.05, 0.1) is 0 Å². The van der Waals surface area contributed by atoms with Gasteiger partial charge in [0.15, 0.2) is 0 Å². The highest BCUT2D eigenvalue weighted by Crippen LogP contribution is 2.19. The van der Waals surface area contributed by atoms with Gasteiger partial charge in [-0.25, -0.2) is 0 Å². The van der Waals surface area contributed by atoms with Crippen LogP contribution in [0.1, 0.15) is 43.0 Å². The Balaban J connectivity index is 2.82. The fraction of sp³-hybridized carbons (Fsp3) is 0.500. The zero-order valence-corrected chi connectivity index (χ0v) is 10.9.